The molecule has 0 saturated heterocycles. The summed E-state index contributed by atoms with van der Waals surface area (Å²) in [5.74, 6) is 0.330. The average Bonchev–Trinajstić information content (AvgIpc) is 2.82. The second-order valence-corrected chi connectivity index (χ2v) is 7.98. The number of sulfonamides is 1. The summed E-state index contributed by atoms with van der Waals surface area (Å²) in [6.45, 7) is 10.7. The van der Waals surface area contributed by atoms with Gasteiger partial charge in [0, 0.05) is 19.6 Å². The standard InChI is InChI=1S/C13H24N2O2S2/c1-5-14-8-12-7-13(18-10-12)19(16,17)15(6-2)9-11(3)4/h7,10-11,14H,5-6,8-9H2,1-4H3. The molecule has 1 N–H and O–H groups in total. The van der Waals surface area contributed by atoms with Gasteiger partial charge >= 0.3 is 0 Å². The van der Waals surface area contributed by atoms with Gasteiger partial charge in [0.2, 0.25) is 0 Å². The Morgan fingerprint density at radius 2 is 2.05 bits per heavy atom. The van der Waals surface area contributed by atoms with Gasteiger partial charge in [-0.1, -0.05) is 27.7 Å². The van der Waals surface area contributed by atoms with E-state index in [1.165, 1.54) is 11.3 Å². The van der Waals surface area contributed by atoms with Crippen molar-refractivity contribution in [3.05, 3.63) is 17.0 Å². The first-order valence-corrected chi connectivity index (χ1v) is 9.02. The fourth-order valence-electron chi connectivity index (χ4n) is 1.78. The highest BCUT2D eigenvalue weighted by atomic mass is 32.2. The van der Waals surface area contributed by atoms with Crippen LogP contribution in [0.25, 0.3) is 0 Å². The molecule has 110 valence electrons. The molecule has 0 amide bonds. The highest BCUT2D eigenvalue weighted by Gasteiger charge is 2.25. The third-order valence-corrected chi connectivity index (χ3v) is 6.13. The van der Waals surface area contributed by atoms with Crippen molar-refractivity contribution in [3.63, 3.8) is 0 Å². The minimum absolute atomic E-state index is 0.330. The Kier molecular flexibility index (Phi) is 6.46. The molecule has 0 unspecified atom stereocenters. The Balaban J connectivity index is 2.89. The van der Waals surface area contributed by atoms with E-state index in [4.69, 9.17) is 0 Å². The molecule has 0 spiro atoms. The van der Waals surface area contributed by atoms with Gasteiger partial charge < -0.3 is 5.32 Å². The smallest absolute Gasteiger partial charge is 0.252 e. The van der Waals surface area contributed by atoms with E-state index in [2.05, 4.69) is 5.32 Å². The largest absolute Gasteiger partial charge is 0.313 e. The number of hydrogen-bond donors (Lipinski definition) is 1. The monoisotopic (exact) mass is 304 g/mol. The summed E-state index contributed by atoms with van der Waals surface area (Å²) < 4.78 is 27.0. The fourth-order valence-corrected chi connectivity index (χ4v) is 4.76. The van der Waals surface area contributed by atoms with Gasteiger partial charge in [-0.3, -0.25) is 0 Å². The van der Waals surface area contributed by atoms with Gasteiger partial charge in [0.25, 0.3) is 10.0 Å². The molecule has 0 fully saturated rings. The zero-order valence-electron chi connectivity index (χ0n) is 12.1. The first-order valence-electron chi connectivity index (χ1n) is 6.70. The van der Waals surface area contributed by atoms with E-state index in [1.807, 2.05) is 33.1 Å². The summed E-state index contributed by atoms with van der Waals surface area (Å²) in [5, 5.41) is 5.12. The van der Waals surface area contributed by atoms with E-state index in [-0.39, 0.29) is 0 Å². The molecule has 0 aromatic carbocycles. The molecule has 0 bridgehead atoms. The first-order chi connectivity index (χ1) is 8.91. The van der Waals surface area contributed by atoms with Crippen molar-refractivity contribution >= 4 is 21.4 Å². The van der Waals surface area contributed by atoms with E-state index in [1.54, 1.807) is 10.4 Å². The van der Waals surface area contributed by atoms with Crippen molar-refractivity contribution in [2.24, 2.45) is 5.92 Å². The molecule has 6 heteroatoms. The molecule has 0 radical (unpaired) electrons. The molecule has 1 aromatic heterocycles. The van der Waals surface area contributed by atoms with Gasteiger partial charge in [0.15, 0.2) is 0 Å². The Bertz CT molecular complexity index is 481. The zero-order chi connectivity index (χ0) is 14.5. The van der Waals surface area contributed by atoms with Crippen LogP contribution in [0.1, 0.15) is 33.3 Å². The third kappa shape index (κ3) is 4.56. The van der Waals surface area contributed by atoms with Crippen molar-refractivity contribution in [3.8, 4) is 0 Å². The second-order valence-electron chi connectivity index (χ2n) is 4.90. The maximum Gasteiger partial charge on any atom is 0.252 e. The number of nitrogens with one attached hydrogen (secondary N) is 1. The van der Waals surface area contributed by atoms with Gasteiger partial charge in [-0.15, -0.1) is 11.3 Å². The predicted molar refractivity (Wildman–Crippen MR) is 81.0 cm³/mol. The van der Waals surface area contributed by atoms with Crippen LogP contribution < -0.4 is 5.32 Å². The van der Waals surface area contributed by atoms with E-state index < -0.39 is 10.0 Å². The van der Waals surface area contributed by atoms with Crippen molar-refractivity contribution in [2.75, 3.05) is 19.6 Å². The molecule has 0 aliphatic heterocycles. The van der Waals surface area contributed by atoms with Crippen LogP contribution in [0.15, 0.2) is 15.7 Å². The van der Waals surface area contributed by atoms with E-state index in [0.29, 0.717) is 23.2 Å². The van der Waals surface area contributed by atoms with Crippen LogP contribution in [0.5, 0.6) is 0 Å². The van der Waals surface area contributed by atoms with Crippen LogP contribution >= 0.6 is 11.3 Å². The van der Waals surface area contributed by atoms with Crippen LogP contribution in [-0.4, -0.2) is 32.4 Å². The van der Waals surface area contributed by atoms with Gasteiger partial charge in [-0.05, 0) is 29.5 Å². The third-order valence-electron chi connectivity index (χ3n) is 2.72. The predicted octanol–water partition coefficient (Wildman–Crippen LogP) is 2.52. The lowest BCUT2D eigenvalue weighted by Gasteiger charge is -2.21. The van der Waals surface area contributed by atoms with Crippen LogP contribution in [0, 0.1) is 5.92 Å². The number of rotatable bonds is 8. The first kappa shape index (κ1) is 16.6. The summed E-state index contributed by atoms with van der Waals surface area (Å²) >= 11 is 1.31. The lowest BCUT2D eigenvalue weighted by atomic mass is 10.2. The lowest BCUT2D eigenvalue weighted by Crippen LogP contribution is -2.33. The molecule has 0 atom stereocenters. The Morgan fingerprint density at radius 3 is 2.58 bits per heavy atom. The van der Waals surface area contributed by atoms with Crippen LogP contribution in [0.3, 0.4) is 0 Å². The van der Waals surface area contributed by atoms with Gasteiger partial charge in [0.05, 0.1) is 0 Å². The van der Waals surface area contributed by atoms with Crippen molar-refractivity contribution < 1.29 is 8.42 Å². The number of hydrogen-bond acceptors (Lipinski definition) is 4. The fraction of sp³-hybridized carbons (Fsp3) is 0.692. The molecule has 0 aliphatic carbocycles. The van der Waals surface area contributed by atoms with Gasteiger partial charge in [-0.25, -0.2) is 8.42 Å². The van der Waals surface area contributed by atoms with Crippen molar-refractivity contribution in [2.45, 2.75) is 38.4 Å². The number of nitrogens with zero attached hydrogens (tertiary/aromatic N) is 1. The topological polar surface area (TPSA) is 49.4 Å². The summed E-state index contributed by atoms with van der Waals surface area (Å²) in [6, 6.07) is 1.78. The maximum absolute atomic E-state index is 12.5. The van der Waals surface area contributed by atoms with E-state index in [0.717, 1.165) is 18.7 Å². The van der Waals surface area contributed by atoms with Crippen LogP contribution in [0.2, 0.25) is 0 Å². The van der Waals surface area contributed by atoms with E-state index >= 15 is 0 Å². The highest BCUT2D eigenvalue weighted by Crippen LogP contribution is 2.24. The zero-order valence-corrected chi connectivity index (χ0v) is 13.8. The van der Waals surface area contributed by atoms with E-state index in [9.17, 15) is 8.42 Å². The average molecular weight is 304 g/mol. The van der Waals surface area contributed by atoms with Crippen LogP contribution in [-0.2, 0) is 16.6 Å². The Hall–Kier alpha value is -0.430. The Morgan fingerprint density at radius 1 is 1.37 bits per heavy atom. The molecule has 1 aromatic rings. The summed E-state index contributed by atoms with van der Waals surface area (Å²) in [4.78, 5) is 0. The summed E-state index contributed by atoms with van der Waals surface area (Å²) in [5.41, 5.74) is 1.03. The molecule has 1 heterocycles. The SMILES string of the molecule is CCNCc1csc(S(=O)(=O)N(CC)CC(C)C)c1. The molecular formula is C13H24N2O2S2. The van der Waals surface area contributed by atoms with Crippen LogP contribution in [0.4, 0.5) is 0 Å². The summed E-state index contributed by atoms with van der Waals surface area (Å²) in [7, 11) is -3.33. The van der Waals surface area contributed by atoms with Gasteiger partial charge in [-0.2, -0.15) is 4.31 Å². The summed E-state index contributed by atoms with van der Waals surface area (Å²) in [6.07, 6.45) is 0. The molecule has 0 saturated carbocycles. The molecule has 0 aliphatic rings. The molecule has 4 nitrogen and oxygen atoms in total. The lowest BCUT2D eigenvalue weighted by molar-refractivity contribution is 0.382. The number of thiophene rings is 1. The minimum atomic E-state index is -3.33. The molecule has 19 heavy (non-hydrogen) atoms. The normalized spacial score (nSPS) is 12.5. The van der Waals surface area contributed by atoms with Crippen molar-refractivity contribution in [1.82, 2.24) is 9.62 Å². The quantitative estimate of drug-likeness (QED) is 0.803. The maximum atomic E-state index is 12.5. The second kappa shape index (κ2) is 7.38. The van der Waals surface area contributed by atoms with Gasteiger partial charge in [0.1, 0.15) is 4.21 Å². The molecular weight excluding hydrogens is 280 g/mol. The highest BCUT2D eigenvalue weighted by molar-refractivity contribution is 7.91. The Labute approximate surface area is 120 Å². The van der Waals surface area contributed by atoms with Crippen molar-refractivity contribution in [1.29, 1.82) is 0 Å². The molecule has 1 rings (SSSR count). The minimum Gasteiger partial charge on any atom is -0.313 e.